The quantitative estimate of drug-likeness (QED) is 0.801. The molecule has 0 bridgehead atoms. The Bertz CT molecular complexity index is 295. The third-order valence-corrected chi connectivity index (χ3v) is 2.51. The molecule has 1 fully saturated rings. The topological polar surface area (TPSA) is 60.2 Å². The van der Waals surface area contributed by atoms with Gasteiger partial charge < -0.3 is 14.6 Å². The Morgan fingerprint density at radius 1 is 1.60 bits per heavy atom. The molecule has 0 amide bonds. The second-order valence-corrected chi connectivity index (χ2v) is 3.74. The summed E-state index contributed by atoms with van der Waals surface area (Å²) in [5.74, 6) is 1.33. The molecule has 2 heterocycles. The van der Waals surface area contributed by atoms with E-state index >= 15 is 0 Å². The first-order chi connectivity index (χ1) is 7.38. The molecule has 1 atom stereocenters. The van der Waals surface area contributed by atoms with Gasteiger partial charge >= 0.3 is 0 Å². The van der Waals surface area contributed by atoms with Crippen LogP contribution in [0.25, 0.3) is 0 Å². The molecule has 0 radical (unpaired) electrons. The largest absolute Gasteiger partial charge is 0.369 e. The maximum atomic E-state index is 5.68. The number of ether oxygens (including phenoxy) is 1. The van der Waals surface area contributed by atoms with Crippen molar-refractivity contribution in [3.8, 4) is 0 Å². The Hall–Kier alpha value is -0.940. The smallest absolute Gasteiger partial charge is 0.226 e. The number of aryl methyl sites for hydroxylation is 1. The zero-order valence-corrected chi connectivity index (χ0v) is 9.03. The van der Waals surface area contributed by atoms with E-state index in [2.05, 4.69) is 15.5 Å². The molecule has 2 rings (SSSR count). The Balaban J connectivity index is 1.76. The minimum Gasteiger partial charge on any atom is -0.369 e. The van der Waals surface area contributed by atoms with Gasteiger partial charge in [-0.2, -0.15) is 4.98 Å². The Morgan fingerprint density at radius 3 is 3.20 bits per heavy atom. The Kier molecular flexibility index (Phi) is 3.69. The lowest BCUT2D eigenvalue weighted by Gasteiger charge is -2.22. The second-order valence-electron chi connectivity index (χ2n) is 3.74. The zero-order chi connectivity index (χ0) is 10.5. The van der Waals surface area contributed by atoms with E-state index < -0.39 is 0 Å². The number of rotatable bonds is 4. The summed E-state index contributed by atoms with van der Waals surface area (Å²) >= 11 is 0. The maximum Gasteiger partial charge on any atom is 0.226 e. The van der Waals surface area contributed by atoms with E-state index in [1.54, 1.807) is 0 Å². The molecule has 1 N–H and O–H groups in total. The van der Waals surface area contributed by atoms with Crippen LogP contribution in [0.2, 0.25) is 0 Å². The van der Waals surface area contributed by atoms with E-state index in [-0.39, 0.29) is 0 Å². The number of aromatic nitrogens is 2. The number of hydrogen-bond acceptors (Lipinski definition) is 5. The SMILES string of the molecule is CCc1nc(CO[C@H]2CCCNC2)no1. The molecule has 84 valence electrons. The van der Waals surface area contributed by atoms with Crippen molar-refractivity contribution < 1.29 is 9.26 Å². The normalized spacial score (nSPS) is 21.8. The average Bonchev–Trinajstić information content (AvgIpc) is 2.76. The van der Waals surface area contributed by atoms with Crippen molar-refractivity contribution in [2.45, 2.75) is 38.9 Å². The molecule has 0 aromatic carbocycles. The summed E-state index contributed by atoms with van der Waals surface area (Å²) in [4.78, 5) is 4.19. The summed E-state index contributed by atoms with van der Waals surface area (Å²) in [5, 5.41) is 7.14. The first-order valence-corrected chi connectivity index (χ1v) is 5.52. The van der Waals surface area contributed by atoms with Gasteiger partial charge in [-0.05, 0) is 19.4 Å². The summed E-state index contributed by atoms with van der Waals surface area (Å²) in [6.45, 7) is 4.47. The van der Waals surface area contributed by atoms with Gasteiger partial charge in [0.15, 0.2) is 5.82 Å². The second kappa shape index (κ2) is 5.23. The minimum absolute atomic E-state index is 0.294. The highest BCUT2D eigenvalue weighted by Gasteiger charge is 2.14. The standard InChI is InChI=1S/C10H17N3O2/c1-2-10-12-9(13-15-10)7-14-8-4-3-5-11-6-8/h8,11H,2-7H2,1H3/t8-/m0/s1. The molecule has 0 saturated carbocycles. The molecule has 1 aliphatic rings. The predicted molar refractivity (Wildman–Crippen MR) is 54.4 cm³/mol. The Labute approximate surface area is 89.2 Å². The van der Waals surface area contributed by atoms with Crippen LogP contribution in [0.4, 0.5) is 0 Å². The highest BCUT2D eigenvalue weighted by molar-refractivity contribution is 4.84. The van der Waals surface area contributed by atoms with E-state index in [9.17, 15) is 0 Å². The lowest BCUT2D eigenvalue weighted by atomic mass is 10.1. The fourth-order valence-corrected chi connectivity index (χ4v) is 1.65. The van der Waals surface area contributed by atoms with Gasteiger partial charge in [0.2, 0.25) is 5.89 Å². The molecule has 0 unspecified atom stereocenters. The van der Waals surface area contributed by atoms with E-state index in [0.717, 1.165) is 25.9 Å². The lowest BCUT2D eigenvalue weighted by molar-refractivity contribution is 0.0210. The predicted octanol–water partition coefficient (Wildman–Crippen LogP) is 0.901. The molecule has 0 spiro atoms. The molecular formula is C10H17N3O2. The van der Waals surface area contributed by atoms with Crippen molar-refractivity contribution in [2.24, 2.45) is 0 Å². The van der Waals surface area contributed by atoms with E-state index in [4.69, 9.17) is 9.26 Å². The summed E-state index contributed by atoms with van der Waals surface area (Å²) in [6, 6.07) is 0. The molecule has 1 aromatic heterocycles. The maximum absolute atomic E-state index is 5.68. The van der Waals surface area contributed by atoms with Gasteiger partial charge in [-0.15, -0.1) is 0 Å². The monoisotopic (exact) mass is 211 g/mol. The Morgan fingerprint density at radius 2 is 2.53 bits per heavy atom. The van der Waals surface area contributed by atoms with Crippen molar-refractivity contribution in [2.75, 3.05) is 13.1 Å². The van der Waals surface area contributed by atoms with Gasteiger partial charge in [0.05, 0.1) is 6.10 Å². The number of piperidine rings is 1. The highest BCUT2D eigenvalue weighted by atomic mass is 16.5. The number of nitrogens with one attached hydrogen (secondary N) is 1. The average molecular weight is 211 g/mol. The van der Waals surface area contributed by atoms with Crippen molar-refractivity contribution in [3.05, 3.63) is 11.7 Å². The van der Waals surface area contributed by atoms with E-state index in [1.807, 2.05) is 6.92 Å². The first-order valence-electron chi connectivity index (χ1n) is 5.52. The van der Waals surface area contributed by atoms with Crippen LogP contribution in [0.3, 0.4) is 0 Å². The third-order valence-electron chi connectivity index (χ3n) is 2.51. The van der Waals surface area contributed by atoms with Crippen LogP contribution in [0.5, 0.6) is 0 Å². The van der Waals surface area contributed by atoms with Crippen molar-refractivity contribution >= 4 is 0 Å². The van der Waals surface area contributed by atoms with Crippen molar-refractivity contribution in [3.63, 3.8) is 0 Å². The van der Waals surface area contributed by atoms with Crippen molar-refractivity contribution in [1.82, 2.24) is 15.5 Å². The van der Waals surface area contributed by atoms with Crippen LogP contribution >= 0.6 is 0 Å². The highest BCUT2D eigenvalue weighted by Crippen LogP contribution is 2.08. The van der Waals surface area contributed by atoms with Crippen LogP contribution in [0.15, 0.2) is 4.52 Å². The van der Waals surface area contributed by atoms with Gasteiger partial charge in [0, 0.05) is 13.0 Å². The van der Waals surface area contributed by atoms with Gasteiger partial charge in [0.1, 0.15) is 6.61 Å². The summed E-state index contributed by atoms with van der Waals surface area (Å²) in [7, 11) is 0. The molecule has 0 aliphatic carbocycles. The number of hydrogen-bond donors (Lipinski definition) is 1. The van der Waals surface area contributed by atoms with Crippen LogP contribution in [-0.2, 0) is 17.8 Å². The van der Waals surface area contributed by atoms with Crippen LogP contribution < -0.4 is 5.32 Å². The summed E-state index contributed by atoms with van der Waals surface area (Å²) in [6.07, 6.45) is 3.36. The zero-order valence-electron chi connectivity index (χ0n) is 9.03. The fraction of sp³-hybridized carbons (Fsp3) is 0.800. The molecule has 1 saturated heterocycles. The molecule has 1 aliphatic heterocycles. The van der Waals surface area contributed by atoms with E-state index in [1.165, 1.54) is 6.42 Å². The van der Waals surface area contributed by atoms with Gasteiger partial charge in [-0.3, -0.25) is 0 Å². The first kappa shape index (κ1) is 10.6. The van der Waals surface area contributed by atoms with Crippen LogP contribution in [0.1, 0.15) is 31.5 Å². The van der Waals surface area contributed by atoms with Gasteiger partial charge in [-0.25, -0.2) is 0 Å². The number of nitrogens with zero attached hydrogens (tertiary/aromatic N) is 2. The molecule has 5 heteroatoms. The molecule has 5 nitrogen and oxygen atoms in total. The summed E-state index contributed by atoms with van der Waals surface area (Å²) in [5.41, 5.74) is 0. The molecule has 15 heavy (non-hydrogen) atoms. The minimum atomic E-state index is 0.294. The van der Waals surface area contributed by atoms with Gasteiger partial charge in [0.25, 0.3) is 0 Å². The molecule has 1 aromatic rings. The van der Waals surface area contributed by atoms with Crippen molar-refractivity contribution in [1.29, 1.82) is 0 Å². The third kappa shape index (κ3) is 3.00. The molecular weight excluding hydrogens is 194 g/mol. The van der Waals surface area contributed by atoms with E-state index in [0.29, 0.717) is 24.4 Å². The lowest BCUT2D eigenvalue weighted by Crippen LogP contribution is -2.35. The van der Waals surface area contributed by atoms with Gasteiger partial charge in [-0.1, -0.05) is 12.1 Å². The summed E-state index contributed by atoms with van der Waals surface area (Å²) < 4.78 is 10.7. The van der Waals surface area contributed by atoms with Crippen LogP contribution in [-0.4, -0.2) is 29.3 Å². The fourth-order valence-electron chi connectivity index (χ4n) is 1.65. The van der Waals surface area contributed by atoms with Crippen LogP contribution in [0, 0.1) is 0 Å².